The molecule has 1 aliphatic rings. The summed E-state index contributed by atoms with van der Waals surface area (Å²) in [4.78, 5) is 11.8. The van der Waals surface area contributed by atoms with Gasteiger partial charge in [-0.2, -0.15) is 0 Å². The van der Waals surface area contributed by atoms with Gasteiger partial charge in [-0.3, -0.25) is 10.1 Å². The molecule has 8 heteroatoms. The van der Waals surface area contributed by atoms with Crippen molar-refractivity contribution in [3.63, 3.8) is 0 Å². The summed E-state index contributed by atoms with van der Waals surface area (Å²) in [5.41, 5.74) is 0.269. The van der Waals surface area contributed by atoms with Crippen molar-refractivity contribution in [1.29, 1.82) is 0 Å². The number of nitro benzene ring substituents is 1. The number of rotatable bonds is 7. The van der Waals surface area contributed by atoms with Crippen LogP contribution in [-0.4, -0.2) is 39.5 Å². The van der Waals surface area contributed by atoms with Gasteiger partial charge in [-0.15, -0.1) is 0 Å². The van der Waals surface area contributed by atoms with Crippen molar-refractivity contribution in [3.8, 4) is 0 Å². The number of likely N-dealkylation sites (tertiary alicyclic amines) is 1. The summed E-state index contributed by atoms with van der Waals surface area (Å²) in [6.45, 7) is 5.22. The van der Waals surface area contributed by atoms with Crippen LogP contribution in [0.5, 0.6) is 0 Å². The second-order valence-corrected chi connectivity index (χ2v) is 7.43. The molecule has 0 aliphatic carbocycles. The van der Waals surface area contributed by atoms with Crippen LogP contribution in [0.15, 0.2) is 23.1 Å². The molecule has 1 saturated heterocycles. The van der Waals surface area contributed by atoms with Gasteiger partial charge in [0.1, 0.15) is 0 Å². The highest BCUT2D eigenvalue weighted by Gasteiger charge is 2.20. The second-order valence-electron chi connectivity index (χ2n) is 5.66. The minimum Gasteiger partial charge on any atom is -0.335 e. The number of quaternary nitrogens is 1. The van der Waals surface area contributed by atoms with Crippen molar-refractivity contribution in [2.75, 3.05) is 26.2 Å². The number of hydrogen-bond acceptors (Lipinski definition) is 4. The lowest BCUT2D eigenvalue weighted by atomic mass is 10.2. The summed E-state index contributed by atoms with van der Waals surface area (Å²) >= 11 is 0. The molecular formula is C14H22N3O4S+. The van der Waals surface area contributed by atoms with Crippen LogP contribution in [0.1, 0.15) is 24.8 Å². The van der Waals surface area contributed by atoms with Crippen LogP contribution in [0.3, 0.4) is 0 Å². The predicted molar refractivity (Wildman–Crippen MR) is 82.4 cm³/mol. The molecule has 0 aromatic heterocycles. The van der Waals surface area contributed by atoms with Gasteiger partial charge in [0, 0.05) is 37.4 Å². The van der Waals surface area contributed by atoms with Gasteiger partial charge in [0.25, 0.3) is 5.69 Å². The van der Waals surface area contributed by atoms with Gasteiger partial charge in [0.2, 0.25) is 10.0 Å². The van der Waals surface area contributed by atoms with Crippen LogP contribution < -0.4 is 9.62 Å². The molecule has 0 amide bonds. The number of benzene rings is 1. The van der Waals surface area contributed by atoms with Gasteiger partial charge < -0.3 is 4.90 Å². The number of nitrogens with zero attached hydrogens (tertiary/aromatic N) is 1. The number of nitro groups is 1. The molecule has 1 aliphatic heterocycles. The molecule has 7 nitrogen and oxygen atoms in total. The lowest BCUT2D eigenvalue weighted by molar-refractivity contribution is -0.887. The summed E-state index contributed by atoms with van der Waals surface area (Å²) in [7, 11) is -3.69. The Kier molecular flexibility index (Phi) is 5.49. The van der Waals surface area contributed by atoms with Crippen LogP contribution in [0.4, 0.5) is 5.69 Å². The molecule has 1 aromatic rings. The van der Waals surface area contributed by atoms with Gasteiger partial charge in [-0.05, 0) is 13.0 Å². The van der Waals surface area contributed by atoms with Gasteiger partial charge in [0.05, 0.1) is 29.5 Å². The van der Waals surface area contributed by atoms with Crippen LogP contribution in [0.25, 0.3) is 0 Å². The average Bonchev–Trinajstić information content (AvgIpc) is 2.97. The van der Waals surface area contributed by atoms with E-state index in [1.165, 1.54) is 29.9 Å². The molecule has 0 unspecified atom stereocenters. The van der Waals surface area contributed by atoms with Crippen LogP contribution in [-0.2, 0) is 10.0 Å². The Hall–Kier alpha value is -1.51. The predicted octanol–water partition coefficient (Wildman–Crippen LogP) is 0.250. The highest BCUT2D eigenvalue weighted by molar-refractivity contribution is 7.89. The quantitative estimate of drug-likeness (QED) is 0.426. The van der Waals surface area contributed by atoms with E-state index in [9.17, 15) is 18.5 Å². The Bertz CT molecular complexity index is 639. The molecule has 0 spiro atoms. The van der Waals surface area contributed by atoms with E-state index in [0.717, 1.165) is 32.1 Å². The average molecular weight is 328 g/mol. The molecular weight excluding hydrogens is 306 g/mol. The third-order valence-corrected chi connectivity index (χ3v) is 5.46. The van der Waals surface area contributed by atoms with Gasteiger partial charge in [-0.25, -0.2) is 13.1 Å². The fourth-order valence-electron chi connectivity index (χ4n) is 2.71. The first kappa shape index (κ1) is 16.9. The molecule has 0 saturated carbocycles. The summed E-state index contributed by atoms with van der Waals surface area (Å²) in [5, 5.41) is 10.9. The van der Waals surface area contributed by atoms with E-state index < -0.39 is 14.9 Å². The molecule has 2 rings (SSSR count). The zero-order valence-corrected chi connectivity index (χ0v) is 13.5. The molecule has 2 N–H and O–H groups in total. The van der Waals surface area contributed by atoms with Crippen molar-refractivity contribution in [1.82, 2.24) is 4.72 Å². The molecule has 1 heterocycles. The third-order valence-electron chi connectivity index (χ3n) is 4.00. The molecule has 122 valence electrons. The first-order chi connectivity index (χ1) is 10.4. The number of hydrogen-bond donors (Lipinski definition) is 2. The molecule has 1 aromatic carbocycles. The van der Waals surface area contributed by atoms with Crippen molar-refractivity contribution >= 4 is 15.7 Å². The van der Waals surface area contributed by atoms with Crippen molar-refractivity contribution < 1.29 is 18.2 Å². The van der Waals surface area contributed by atoms with Crippen molar-refractivity contribution in [2.45, 2.75) is 31.1 Å². The Labute approximate surface area is 130 Å². The van der Waals surface area contributed by atoms with E-state index in [4.69, 9.17) is 0 Å². The summed E-state index contributed by atoms with van der Waals surface area (Å²) in [5.74, 6) is 0. The SMILES string of the molecule is Cc1ccc(S(=O)(=O)NCCC[NH+]2CCCC2)cc1[N+](=O)[O-]. The number of aryl methyl sites for hydroxylation is 1. The van der Waals surface area contributed by atoms with Crippen molar-refractivity contribution in [2.24, 2.45) is 0 Å². The zero-order chi connectivity index (χ0) is 16.2. The zero-order valence-electron chi connectivity index (χ0n) is 12.7. The number of sulfonamides is 1. The molecule has 22 heavy (non-hydrogen) atoms. The topological polar surface area (TPSA) is 93.8 Å². The Balaban J connectivity index is 1.94. The van der Waals surface area contributed by atoms with Gasteiger partial charge in [0.15, 0.2) is 0 Å². The molecule has 1 fully saturated rings. The standard InChI is InChI=1S/C14H21N3O4S/c1-12-5-6-13(11-14(12)17(18)19)22(20,21)15-7-4-10-16-8-2-3-9-16/h5-6,11,15H,2-4,7-10H2,1H3/p+1. The smallest absolute Gasteiger partial charge is 0.273 e. The minimum atomic E-state index is -3.69. The maximum atomic E-state index is 12.2. The van der Waals surface area contributed by atoms with Crippen LogP contribution in [0.2, 0.25) is 0 Å². The van der Waals surface area contributed by atoms with Crippen LogP contribution in [0, 0.1) is 17.0 Å². The Morgan fingerprint density at radius 3 is 2.64 bits per heavy atom. The maximum absolute atomic E-state index is 12.2. The normalized spacial score (nSPS) is 16.0. The van der Waals surface area contributed by atoms with E-state index in [0.29, 0.717) is 12.1 Å². The summed E-state index contributed by atoms with van der Waals surface area (Å²) in [6.07, 6.45) is 3.25. The van der Waals surface area contributed by atoms with Gasteiger partial charge >= 0.3 is 0 Å². The molecule has 0 bridgehead atoms. The van der Waals surface area contributed by atoms with E-state index in [-0.39, 0.29) is 10.6 Å². The van der Waals surface area contributed by atoms with E-state index in [1.54, 1.807) is 6.92 Å². The first-order valence-electron chi connectivity index (χ1n) is 7.48. The van der Waals surface area contributed by atoms with Crippen LogP contribution >= 0.6 is 0 Å². The fraction of sp³-hybridized carbons (Fsp3) is 0.571. The summed E-state index contributed by atoms with van der Waals surface area (Å²) < 4.78 is 26.9. The largest absolute Gasteiger partial charge is 0.335 e. The monoisotopic (exact) mass is 328 g/mol. The highest BCUT2D eigenvalue weighted by atomic mass is 32.2. The van der Waals surface area contributed by atoms with Crippen molar-refractivity contribution in [3.05, 3.63) is 33.9 Å². The fourth-order valence-corrected chi connectivity index (χ4v) is 3.80. The highest BCUT2D eigenvalue weighted by Crippen LogP contribution is 2.21. The molecule has 0 radical (unpaired) electrons. The van der Waals surface area contributed by atoms with E-state index >= 15 is 0 Å². The lowest BCUT2D eigenvalue weighted by Crippen LogP contribution is -3.10. The van der Waals surface area contributed by atoms with E-state index in [1.807, 2.05) is 0 Å². The van der Waals surface area contributed by atoms with E-state index in [2.05, 4.69) is 4.72 Å². The summed E-state index contributed by atoms with van der Waals surface area (Å²) in [6, 6.07) is 3.97. The lowest BCUT2D eigenvalue weighted by Gasteiger charge is -2.12. The Morgan fingerprint density at radius 1 is 1.32 bits per heavy atom. The first-order valence-corrected chi connectivity index (χ1v) is 8.97. The third kappa shape index (κ3) is 4.25. The number of nitrogens with one attached hydrogen (secondary N) is 2. The maximum Gasteiger partial charge on any atom is 0.273 e. The molecule has 0 atom stereocenters. The Morgan fingerprint density at radius 2 is 2.00 bits per heavy atom. The minimum absolute atomic E-state index is 0.0571. The van der Waals surface area contributed by atoms with Gasteiger partial charge in [-0.1, -0.05) is 6.07 Å². The second kappa shape index (κ2) is 7.17.